The number of hydrogen-bond donors (Lipinski definition) is 0. The minimum absolute atomic E-state index is 0.350. The van der Waals surface area contributed by atoms with Crippen LogP contribution in [0.15, 0.2) is 183 Å². The van der Waals surface area contributed by atoms with E-state index < -0.39 is 0 Å². The molecule has 1 aliphatic rings. The molecule has 0 saturated carbocycles. The maximum atomic E-state index is 11.7. The molecular formula is C62H33N5O3. The number of furan rings is 3. The van der Waals surface area contributed by atoms with E-state index in [2.05, 4.69) is 135 Å². The summed E-state index contributed by atoms with van der Waals surface area (Å²) in [6.45, 7) is 0. The average Bonchev–Trinajstić information content (AvgIpc) is 4.27. The van der Waals surface area contributed by atoms with Crippen molar-refractivity contribution in [3.8, 4) is 29.2 Å². The Balaban J connectivity index is 1.16. The van der Waals surface area contributed by atoms with Gasteiger partial charge in [-0.15, -0.1) is 0 Å². The Morgan fingerprint density at radius 3 is 1.30 bits per heavy atom. The van der Waals surface area contributed by atoms with Crippen LogP contribution in [0.2, 0.25) is 0 Å². The molecule has 0 spiro atoms. The summed E-state index contributed by atoms with van der Waals surface area (Å²) >= 11 is 0. The van der Waals surface area contributed by atoms with Crippen molar-refractivity contribution in [2.75, 3.05) is 0 Å². The molecule has 0 aliphatic heterocycles. The van der Waals surface area contributed by atoms with Gasteiger partial charge in [-0.25, -0.2) is 0 Å². The van der Waals surface area contributed by atoms with Crippen molar-refractivity contribution in [2.24, 2.45) is 0 Å². The van der Waals surface area contributed by atoms with Crippen molar-refractivity contribution in [3.05, 3.63) is 192 Å². The molecule has 0 unspecified atom stereocenters. The number of para-hydroxylation sites is 5. The molecule has 70 heavy (non-hydrogen) atoms. The van der Waals surface area contributed by atoms with Gasteiger partial charge in [0.1, 0.15) is 45.6 Å². The van der Waals surface area contributed by atoms with Gasteiger partial charge in [0.25, 0.3) is 0 Å². The summed E-state index contributed by atoms with van der Waals surface area (Å²) in [5.41, 5.74) is 14.0. The lowest BCUT2D eigenvalue weighted by molar-refractivity contribution is 0.672. The van der Waals surface area contributed by atoms with Gasteiger partial charge in [0.05, 0.1) is 71.9 Å². The predicted octanol–water partition coefficient (Wildman–Crippen LogP) is 16.2. The Hall–Kier alpha value is -9.76. The Morgan fingerprint density at radius 2 is 0.800 bits per heavy atom. The molecule has 0 bridgehead atoms. The third-order valence-electron chi connectivity index (χ3n) is 15.0. The van der Waals surface area contributed by atoms with E-state index in [0.29, 0.717) is 34.6 Å². The minimum atomic E-state index is 0.350. The van der Waals surface area contributed by atoms with Crippen molar-refractivity contribution in [2.45, 2.75) is 12.8 Å². The molecular weight excluding hydrogens is 863 g/mol. The second kappa shape index (κ2) is 13.4. The molecule has 8 heteroatoms. The SMILES string of the molecule is N#Cc1cc(C#N)c(-n2c3ccccc3c3c4oc5ccccc5c4ccc32)c(-n2c3ccccc3c3c4oc5ccccc5c4ccc32)c1-n1c2c(c3c4oc5ccccc5c4ccc31)C=CCC2. The first-order valence-corrected chi connectivity index (χ1v) is 23.5. The first-order valence-electron chi connectivity index (χ1n) is 23.5. The fourth-order valence-corrected chi connectivity index (χ4v) is 12.2. The smallest absolute Gasteiger partial charge is 0.145 e. The quantitative estimate of drug-likeness (QED) is 0.176. The van der Waals surface area contributed by atoms with E-state index in [4.69, 9.17) is 13.3 Å². The van der Waals surface area contributed by atoms with Crippen LogP contribution in [-0.2, 0) is 6.42 Å². The molecule has 8 nitrogen and oxygen atoms in total. The maximum Gasteiger partial charge on any atom is 0.145 e. The van der Waals surface area contributed by atoms with Gasteiger partial charge in [-0.1, -0.05) is 103 Å². The van der Waals surface area contributed by atoms with Crippen molar-refractivity contribution >= 4 is 126 Å². The fraction of sp³-hybridized carbons (Fsp3) is 0.0323. The van der Waals surface area contributed by atoms with Crippen LogP contribution in [-0.4, -0.2) is 13.7 Å². The van der Waals surface area contributed by atoms with Crippen molar-refractivity contribution in [3.63, 3.8) is 0 Å². The summed E-state index contributed by atoms with van der Waals surface area (Å²) in [5.74, 6) is 0. The number of rotatable bonds is 3. The summed E-state index contributed by atoms with van der Waals surface area (Å²) in [5, 5.41) is 34.3. The summed E-state index contributed by atoms with van der Waals surface area (Å²) in [4.78, 5) is 0. The predicted molar refractivity (Wildman–Crippen MR) is 281 cm³/mol. The topological polar surface area (TPSA) is 102 Å². The average molecular weight is 896 g/mol. The zero-order valence-electron chi connectivity index (χ0n) is 37.1. The van der Waals surface area contributed by atoms with Crippen LogP contribution < -0.4 is 0 Å². The van der Waals surface area contributed by atoms with Gasteiger partial charge >= 0.3 is 0 Å². The number of nitriles is 2. The zero-order chi connectivity index (χ0) is 45.9. The normalized spacial score (nSPS) is 12.9. The number of allylic oxidation sites excluding steroid dienone is 1. The van der Waals surface area contributed by atoms with Gasteiger partial charge < -0.3 is 27.0 Å². The number of fused-ring (bicyclic) bond motifs is 21. The van der Waals surface area contributed by atoms with Crippen LogP contribution in [0.3, 0.4) is 0 Å². The van der Waals surface area contributed by atoms with Crippen LogP contribution in [0, 0.1) is 22.7 Å². The third kappa shape index (κ3) is 4.62. The summed E-state index contributed by atoms with van der Waals surface area (Å²) < 4.78 is 27.2. The molecule has 324 valence electrons. The molecule has 6 heterocycles. The van der Waals surface area contributed by atoms with E-state index in [-0.39, 0.29) is 0 Å². The lowest BCUT2D eigenvalue weighted by atomic mass is 10.00. The third-order valence-corrected chi connectivity index (χ3v) is 15.0. The molecule has 15 aromatic rings. The highest BCUT2D eigenvalue weighted by Crippen LogP contribution is 2.49. The first kappa shape index (κ1) is 37.3. The van der Waals surface area contributed by atoms with E-state index >= 15 is 0 Å². The molecule has 0 fully saturated rings. The van der Waals surface area contributed by atoms with Gasteiger partial charge in [0.15, 0.2) is 0 Å². The fourth-order valence-electron chi connectivity index (χ4n) is 12.2. The van der Waals surface area contributed by atoms with Crippen LogP contribution in [0.5, 0.6) is 0 Å². The molecule has 0 amide bonds. The van der Waals surface area contributed by atoms with E-state index in [1.165, 1.54) is 0 Å². The second-order valence-corrected chi connectivity index (χ2v) is 18.4. The standard InChI is InChI=1S/C62H33N5O3/c63-32-34-31-35(33-64)58(66-46-20-8-2-17-43(46)55-49(66)29-26-40-37-14-5-11-23-52(37)69-61(40)55)59(67-47-21-9-3-18-44(47)56-50(67)30-27-41-38-15-6-12-24-53(38)70-62(41)56)57(34)65-45-19-7-1-16-42(45)54-48(65)28-25-39-36-13-4-10-22-51(36)68-60(39)54/h1-7,9-19,21-31H,8,20H2. The van der Waals surface area contributed by atoms with E-state index in [1.54, 1.807) is 6.07 Å². The van der Waals surface area contributed by atoms with E-state index in [0.717, 1.165) is 138 Å². The largest absolute Gasteiger partial charge is 0.455 e. The molecule has 1 aliphatic carbocycles. The highest BCUT2D eigenvalue weighted by atomic mass is 16.3. The molecule has 0 radical (unpaired) electrons. The van der Waals surface area contributed by atoms with Crippen molar-refractivity contribution in [1.29, 1.82) is 10.5 Å². The Bertz CT molecular complexity index is 4990. The monoisotopic (exact) mass is 895 g/mol. The zero-order valence-corrected chi connectivity index (χ0v) is 37.1. The molecule has 6 aromatic heterocycles. The van der Waals surface area contributed by atoms with E-state index in [9.17, 15) is 10.5 Å². The number of hydrogen-bond acceptors (Lipinski definition) is 5. The van der Waals surface area contributed by atoms with Gasteiger partial charge in [-0.2, -0.15) is 10.5 Å². The summed E-state index contributed by atoms with van der Waals surface area (Å²) in [6, 6.07) is 61.3. The molecule has 0 atom stereocenters. The van der Waals surface area contributed by atoms with Gasteiger partial charge in [0.2, 0.25) is 0 Å². The number of nitrogens with zero attached hydrogens (tertiary/aromatic N) is 5. The van der Waals surface area contributed by atoms with Crippen LogP contribution >= 0.6 is 0 Å². The molecule has 0 N–H and O–H groups in total. The summed E-state index contributed by atoms with van der Waals surface area (Å²) in [7, 11) is 0. The Kier molecular flexibility index (Phi) is 7.17. The van der Waals surface area contributed by atoms with Gasteiger partial charge in [-0.05, 0) is 85.6 Å². The Morgan fingerprint density at radius 1 is 0.386 bits per heavy atom. The number of aromatic nitrogens is 3. The van der Waals surface area contributed by atoms with Crippen LogP contribution in [0.25, 0.3) is 143 Å². The second-order valence-electron chi connectivity index (χ2n) is 18.4. The molecule has 9 aromatic carbocycles. The minimum Gasteiger partial charge on any atom is -0.455 e. The van der Waals surface area contributed by atoms with Crippen molar-refractivity contribution < 1.29 is 13.3 Å². The van der Waals surface area contributed by atoms with E-state index in [1.807, 2.05) is 60.7 Å². The maximum absolute atomic E-state index is 11.7. The number of benzene rings is 9. The van der Waals surface area contributed by atoms with Gasteiger partial charge in [0, 0.05) is 54.3 Å². The molecule has 16 rings (SSSR count). The molecule has 0 saturated heterocycles. The van der Waals surface area contributed by atoms with Crippen LogP contribution in [0.1, 0.15) is 28.8 Å². The highest BCUT2D eigenvalue weighted by Gasteiger charge is 2.33. The lowest BCUT2D eigenvalue weighted by Gasteiger charge is -2.25. The summed E-state index contributed by atoms with van der Waals surface area (Å²) in [6.07, 6.45) is 5.97. The highest BCUT2D eigenvalue weighted by molar-refractivity contribution is 6.26. The Labute approximate surface area is 396 Å². The van der Waals surface area contributed by atoms with Crippen molar-refractivity contribution in [1.82, 2.24) is 13.7 Å². The van der Waals surface area contributed by atoms with Gasteiger partial charge in [-0.3, -0.25) is 0 Å². The first-order chi connectivity index (χ1) is 34.7. The van der Waals surface area contributed by atoms with Crippen LogP contribution in [0.4, 0.5) is 0 Å². The lowest BCUT2D eigenvalue weighted by Crippen LogP contribution is -2.14.